The zero-order valence-corrected chi connectivity index (χ0v) is 32.3. The van der Waals surface area contributed by atoms with E-state index in [1.165, 1.54) is 0 Å². The van der Waals surface area contributed by atoms with Crippen molar-refractivity contribution in [3.63, 3.8) is 0 Å². The van der Waals surface area contributed by atoms with E-state index in [9.17, 15) is 14.0 Å². The molecule has 8 rings (SSSR count). The molecule has 0 saturated carbocycles. The van der Waals surface area contributed by atoms with Crippen LogP contribution in [0.4, 0.5) is 30.0 Å². The number of anilines is 2. The number of alkyl halides is 1. The highest BCUT2D eigenvalue weighted by atomic mass is 19.1. The molecule has 292 valence electrons. The molecule has 2 unspecified atom stereocenters. The van der Waals surface area contributed by atoms with E-state index >= 15 is 4.39 Å². The van der Waals surface area contributed by atoms with E-state index in [4.69, 9.17) is 24.2 Å². The van der Waals surface area contributed by atoms with Crippen LogP contribution in [0.5, 0.6) is 6.01 Å². The van der Waals surface area contributed by atoms with E-state index in [1.54, 1.807) is 39.0 Å². The number of hydrogen-bond acceptors (Lipinski definition) is 10. The Morgan fingerprint density at radius 2 is 1.65 bits per heavy atom. The summed E-state index contributed by atoms with van der Waals surface area (Å²) in [6, 6.07) is 12.4. The molecule has 4 aliphatic rings. The van der Waals surface area contributed by atoms with Gasteiger partial charge in [0.05, 0.1) is 23.3 Å². The van der Waals surface area contributed by atoms with Crippen molar-refractivity contribution in [2.24, 2.45) is 0 Å². The fourth-order valence-corrected chi connectivity index (χ4v) is 8.83. The molecule has 2 aromatic carbocycles. The molecular formula is C41H49F2N7O5. The van der Waals surface area contributed by atoms with Gasteiger partial charge in [-0.15, -0.1) is 0 Å². The van der Waals surface area contributed by atoms with Crippen LogP contribution < -0.4 is 15.0 Å². The molecular weight excluding hydrogens is 708 g/mol. The molecule has 0 spiro atoms. The molecule has 14 heteroatoms. The van der Waals surface area contributed by atoms with E-state index in [2.05, 4.69) is 20.1 Å². The Bertz CT molecular complexity index is 2140. The summed E-state index contributed by atoms with van der Waals surface area (Å²) in [5.41, 5.74) is -1.27. The lowest BCUT2D eigenvalue weighted by Gasteiger charge is -2.42. The van der Waals surface area contributed by atoms with E-state index in [1.807, 2.05) is 49.9 Å². The van der Waals surface area contributed by atoms with Gasteiger partial charge in [-0.2, -0.15) is 9.97 Å². The van der Waals surface area contributed by atoms with Crippen molar-refractivity contribution in [1.82, 2.24) is 24.8 Å². The maximum absolute atomic E-state index is 17.3. The van der Waals surface area contributed by atoms with Crippen molar-refractivity contribution in [3.8, 4) is 17.3 Å². The number of ether oxygens (including phenoxy) is 3. The lowest BCUT2D eigenvalue weighted by Crippen LogP contribution is -2.57. The smallest absolute Gasteiger partial charge is 0.413 e. The first-order valence-corrected chi connectivity index (χ1v) is 19.2. The summed E-state index contributed by atoms with van der Waals surface area (Å²) in [6.45, 7) is 13.2. The predicted octanol–water partition coefficient (Wildman–Crippen LogP) is 7.87. The van der Waals surface area contributed by atoms with Gasteiger partial charge in [-0.05, 0) is 97.4 Å². The highest BCUT2D eigenvalue weighted by Crippen LogP contribution is 2.42. The first-order valence-electron chi connectivity index (χ1n) is 19.2. The monoisotopic (exact) mass is 757 g/mol. The zero-order chi connectivity index (χ0) is 38.9. The Labute approximate surface area is 319 Å². The van der Waals surface area contributed by atoms with Crippen LogP contribution in [0.2, 0.25) is 0 Å². The van der Waals surface area contributed by atoms with E-state index in [-0.39, 0.29) is 47.7 Å². The van der Waals surface area contributed by atoms with Gasteiger partial charge in [0.1, 0.15) is 41.1 Å². The molecule has 4 fully saturated rings. The van der Waals surface area contributed by atoms with Crippen molar-refractivity contribution in [1.29, 1.82) is 0 Å². The molecule has 2 bridgehead atoms. The molecule has 2 amide bonds. The molecule has 2 aromatic heterocycles. The fourth-order valence-electron chi connectivity index (χ4n) is 8.83. The Hall–Kier alpha value is -4.85. The van der Waals surface area contributed by atoms with Crippen LogP contribution in [0.25, 0.3) is 32.9 Å². The average Bonchev–Trinajstić information content (AvgIpc) is 3.72. The van der Waals surface area contributed by atoms with Crippen LogP contribution in [0.1, 0.15) is 73.6 Å². The number of amides is 2. The van der Waals surface area contributed by atoms with Crippen LogP contribution in [-0.4, -0.2) is 105 Å². The van der Waals surface area contributed by atoms with Gasteiger partial charge in [-0.1, -0.05) is 24.3 Å². The second-order valence-electron chi connectivity index (χ2n) is 17.4. The predicted molar refractivity (Wildman–Crippen MR) is 206 cm³/mol. The first kappa shape index (κ1) is 37.1. The minimum atomic E-state index is -0.934. The first-order chi connectivity index (χ1) is 26.1. The summed E-state index contributed by atoms with van der Waals surface area (Å²) in [7, 11) is 0. The number of hydrogen-bond donors (Lipinski definition) is 1. The standard InChI is InChI=1S/C41H49F2N7O5/c1-39(2,3)54-37(51)45-31-18-24-10-7-8-11-28(24)33(44-31)29-14-15-30-34(32(29)43)46-36(53-23-41-16-9-17-49(41)20-25(42)19-41)47-35(30)48-21-26-12-13-27(22-48)50(26)38(52)55-40(4,5)6/h7-8,10-11,14-15,18,25-27H,9,12-13,16-17,19-23H2,1-6H3,(H,44,45,51)/t25-,26?,27?,41+/m1/s1. The SMILES string of the molecule is CC(C)(C)OC(=O)Nc1cc2ccccc2c(-c2ccc3c(N4CC5CCC(C4)N5C(=O)OC(C)(C)C)nc(OC[C@@]45CCCN4C[C@H](F)C5)nc3c2F)n1. The van der Waals surface area contributed by atoms with Crippen molar-refractivity contribution in [2.45, 2.75) is 109 Å². The van der Waals surface area contributed by atoms with Gasteiger partial charge in [-0.25, -0.2) is 23.4 Å². The number of carbonyl (C=O) groups is 2. The van der Waals surface area contributed by atoms with Crippen molar-refractivity contribution >= 4 is 45.5 Å². The van der Waals surface area contributed by atoms with Crippen LogP contribution in [0.3, 0.4) is 0 Å². The summed E-state index contributed by atoms with van der Waals surface area (Å²) in [6.07, 6.45) is 1.78. The molecule has 0 radical (unpaired) electrons. The Morgan fingerprint density at radius 3 is 2.38 bits per heavy atom. The Morgan fingerprint density at radius 1 is 0.927 bits per heavy atom. The van der Waals surface area contributed by atoms with Crippen LogP contribution >= 0.6 is 0 Å². The van der Waals surface area contributed by atoms with Gasteiger partial charge in [0.2, 0.25) is 0 Å². The molecule has 4 saturated heterocycles. The third kappa shape index (κ3) is 7.32. The zero-order valence-electron chi connectivity index (χ0n) is 32.3. The number of halogens is 2. The van der Waals surface area contributed by atoms with E-state index in [0.29, 0.717) is 48.3 Å². The minimum absolute atomic E-state index is 0.00200. The van der Waals surface area contributed by atoms with Crippen LogP contribution in [-0.2, 0) is 9.47 Å². The third-order valence-electron chi connectivity index (χ3n) is 11.0. The molecule has 1 N–H and O–H groups in total. The number of pyridine rings is 1. The van der Waals surface area contributed by atoms with Crippen LogP contribution in [0, 0.1) is 5.82 Å². The van der Waals surface area contributed by atoms with Gasteiger partial charge < -0.3 is 19.1 Å². The molecule has 12 nitrogen and oxygen atoms in total. The van der Waals surface area contributed by atoms with Crippen molar-refractivity contribution in [2.75, 3.05) is 43.0 Å². The highest BCUT2D eigenvalue weighted by molar-refractivity contribution is 6.01. The molecule has 4 atom stereocenters. The van der Waals surface area contributed by atoms with E-state index < -0.39 is 34.8 Å². The highest BCUT2D eigenvalue weighted by Gasteiger charge is 2.50. The fraction of sp³-hybridized carbons (Fsp3) is 0.537. The van der Waals surface area contributed by atoms with Crippen LogP contribution in [0.15, 0.2) is 42.5 Å². The average molecular weight is 758 g/mol. The molecule has 4 aliphatic heterocycles. The summed E-state index contributed by atoms with van der Waals surface area (Å²) < 4.78 is 49.5. The number of carbonyl (C=O) groups excluding carboxylic acids is 2. The van der Waals surface area contributed by atoms with Crippen molar-refractivity contribution in [3.05, 3.63) is 48.3 Å². The topological polar surface area (TPSA) is 122 Å². The normalized spacial score (nSPS) is 24.0. The summed E-state index contributed by atoms with van der Waals surface area (Å²) in [5.74, 6) is 0.0787. The number of benzene rings is 2. The Balaban J connectivity index is 1.20. The number of aromatic nitrogens is 3. The van der Waals surface area contributed by atoms with Gasteiger partial charge in [0.15, 0.2) is 5.82 Å². The maximum atomic E-state index is 17.3. The summed E-state index contributed by atoms with van der Waals surface area (Å²) in [5, 5.41) is 4.61. The largest absolute Gasteiger partial charge is 0.461 e. The third-order valence-corrected chi connectivity index (χ3v) is 11.0. The van der Waals surface area contributed by atoms with Gasteiger partial charge in [0.25, 0.3) is 0 Å². The second kappa shape index (κ2) is 13.7. The maximum Gasteiger partial charge on any atom is 0.413 e. The van der Waals surface area contributed by atoms with Gasteiger partial charge >= 0.3 is 18.2 Å². The lowest BCUT2D eigenvalue weighted by molar-refractivity contribution is 0.0122. The summed E-state index contributed by atoms with van der Waals surface area (Å²) >= 11 is 0. The number of nitrogens with zero attached hydrogens (tertiary/aromatic N) is 6. The lowest BCUT2D eigenvalue weighted by atomic mass is 9.95. The second-order valence-corrected chi connectivity index (χ2v) is 17.4. The number of rotatable bonds is 6. The minimum Gasteiger partial charge on any atom is -0.461 e. The molecule has 6 heterocycles. The summed E-state index contributed by atoms with van der Waals surface area (Å²) in [4.78, 5) is 46.5. The number of piperazine rings is 1. The van der Waals surface area contributed by atoms with Gasteiger partial charge in [0, 0.05) is 42.4 Å². The molecule has 0 aliphatic carbocycles. The Kier molecular flexibility index (Phi) is 9.25. The van der Waals surface area contributed by atoms with Crippen molar-refractivity contribution < 1.29 is 32.6 Å². The molecule has 55 heavy (non-hydrogen) atoms. The van der Waals surface area contributed by atoms with E-state index in [0.717, 1.165) is 37.6 Å². The number of nitrogens with one attached hydrogen (secondary N) is 1. The van der Waals surface area contributed by atoms with Gasteiger partial charge in [-0.3, -0.25) is 15.1 Å². The molecule has 4 aromatic rings. The number of fused-ring (bicyclic) bond motifs is 5. The quantitative estimate of drug-likeness (QED) is 0.208.